The van der Waals surface area contributed by atoms with E-state index in [-0.39, 0.29) is 21.8 Å². The van der Waals surface area contributed by atoms with Crippen LogP contribution >= 0.6 is 27.5 Å². The maximum atomic E-state index is 13.6. The van der Waals surface area contributed by atoms with Gasteiger partial charge in [-0.15, -0.1) is 0 Å². The molecule has 0 aliphatic heterocycles. The number of aromatic carboxylic acids is 1. The second kappa shape index (κ2) is 6.24. The van der Waals surface area contributed by atoms with Crippen molar-refractivity contribution in [1.82, 2.24) is 0 Å². The zero-order valence-electron chi connectivity index (χ0n) is 10.4. The number of hydrogen-bond donors (Lipinski definition) is 2. The van der Waals surface area contributed by atoms with Gasteiger partial charge >= 0.3 is 5.97 Å². The van der Waals surface area contributed by atoms with Crippen molar-refractivity contribution in [2.45, 2.75) is 0 Å². The Hall–Kier alpha value is -1.92. The molecule has 0 spiro atoms. The number of amides is 1. The lowest BCUT2D eigenvalue weighted by Gasteiger charge is -2.08. The lowest BCUT2D eigenvalue weighted by atomic mass is 10.1. The molecule has 0 bridgehead atoms. The number of nitrogens with one attached hydrogen (secondary N) is 1. The van der Waals surface area contributed by atoms with Crippen molar-refractivity contribution in [2.24, 2.45) is 0 Å². The highest BCUT2D eigenvalue weighted by molar-refractivity contribution is 9.10. The summed E-state index contributed by atoms with van der Waals surface area (Å²) in [4.78, 5) is 22.9. The largest absolute Gasteiger partial charge is 0.478 e. The Morgan fingerprint density at radius 1 is 1.19 bits per heavy atom. The van der Waals surface area contributed by atoms with Crippen LogP contribution in [0.3, 0.4) is 0 Å². The molecule has 108 valence electrons. The quantitative estimate of drug-likeness (QED) is 0.849. The van der Waals surface area contributed by atoms with Gasteiger partial charge in [0.15, 0.2) is 0 Å². The normalized spacial score (nSPS) is 10.2. The monoisotopic (exact) mass is 371 g/mol. The minimum atomic E-state index is -1.13. The zero-order valence-corrected chi connectivity index (χ0v) is 12.7. The summed E-state index contributed by atoms with van der Waals surface area (Å²) in [6, 6.07) is 7.85. The third kappa shape index (κ3) is 3.80. The molecule has 2 aromatic carbocycles. The molecule has 0 heterocycles. The van der Waals surface area contributed by atoms with Crippen LogP contribution < -0.4 is 5.32 Å². The van der Waals surface area contributed by atoms with Crippen LogP contribution in [0.2, 0.25) is 5.02 Å². The van der Waals surface area contributed by atoms with Crippen molar-refractivity contribution in [1.29, 1.82) is 0 Å². The highest BCUT2D eigenvalue weighted by Gasteiger charge is 2.14. The Morgan fingerprint density at radius 2 is 1.90 bits per heavy atom. The summed E-state index contributed by atoms with van der Waals surface area (Å²) < 4.78 is 14.1. The van der Waals surface area contributed by atoms with Gasteiger partial charge in [-0.05, 0) is 36.4 Å². The van der Waals surface area contributed by atoms with E-state index < -0.39 is 17.7 Å². The average Bonchev–Trinajstić information content (AvgIpc) is 2.37. The topological polar surface area (TPSA) is 66.4 Å². The number of anilines is 1. The van der Waals surface area contributed by atoms with E-state index in [0.717, 1.165) is 6.07 Å². The molecule has 0 aliphatic rings. The molecule has 2 rings (SSSR count). The molecule has 7 heteroatoms. The first-order valence-corrected chi connectivity index (χ1v) is 6.84. The number of carboxylic acid groups (broad SMARTS) is 1. The molecule has 1 amide bonds. The molecule has 2 N–H and O–H groups in total. The summed E-state index contributed by atoms with van der Waals surface area (Å²) in [6.45, 7) is 0. The summed E-state index contributed by atoms with van der Waals surface area (Å²) in [5.74, 6) is -2.59. The van der Waals surface area contributed by atoms with Crippen LogP contribution in [0.1, 0.15) is 20.7 Å². The van der Waals surface area contributed by atoms with E-state index in [9.17, 15) is 14.0 Å². The molecule has 21 heavy (non-hydrogen) atoms. The fraction of sp³-hybridized carbons (Fsp3) is 0. The maximum absolute atomic E-state index is 13.6. The second-order valence-electron chi connectivity index (χ2n) is 4.11. The molecular weight excluding hydrogens is 365 g/mol. The third-order valence-corrected chi connectivity index (χ3v) is 3.27. The molecule has 0 unspecified atom stereocenters. The first kappa shape index (κ1) is 15.5. The van der Waals surface area contributed by atoms with Crippen molar-refractivity contribution >= 4 is 45.1 Å². The lowest BCUT2D eigenvalue weighted by molar-refractivity contribution is 0.0696. The van der Waals surface area contributed by atoms with Gasteiger partial charge in [0, 0.05) is 15.2 Å². The van der Waals surface area contributed by atoms with E-state index in [1.54, 1.807) is 0 Å². The van der Waals surface area contributed by atoms with Gasteiger partial charge < -0.3 is 10.4 Å². The maximum Gasteiger partial charge on any atom is 0.335 e. The van der Waals surface area contributed by atoms with Gasteiger partial charge in [0.25, 0.3) is 5.91 Å². The molecule has 0 atom stereocenters. The Balaban J connectivity index is 2.29. The molecule has 0 saturated carbocycles. The molecule has 0 aliphatic carbocycles. The van der Waals surface area contributed by atoms with Gasteiger partial charge in [-0.2, -0.15) is 0 Å². The van der Waals surface area contributed by atoms with E-state index in [1.165, 1.54) is 30.3 Å². The third-order valence-electron chi connectivity index (χ3n) is 2.58. The summed E-state index contributed by atoms with van der Waals surface area (Å²) >= 11 is 8.76. The number of carbonyl (C=O) groups excluding carboxylic acids is 1. The summed E-state index contributed by atoms with van der Waals surface area (Å²) in [7, 11) is 0. The van der Waals surface area contributed by atoms with Crippen molar-refractivity contribution in [3.05, 3.63) is 62.8 Å². The molecule has 2 aromatic rings. The highest BCUT2D eigenvalue weighted by atomic mass is 79.9. The summed E-state index contributed by atoms with van der Waals surface area (Å²) in [5.41, 5.74) is 0.0497. The lowest BCUT2D eigenvalue weighted by Crippen LogP contribution is -2.14. The number of carbonyl (C=O) groups is 2. The van der Waals surface area contributed by atoms with Gasteiger partial charge in [0.2, 0.25) is 0 Å². The van der Waals surface area contributed by atoms with E-state index >= 15 is 0 Å². The first-order chi connectivity index (χ1) is 9.86. The molecule has 0 aromatic heterocycles. The smallest absolute Gasteiger partial charge is 0.335 e. The van der Waals surface area contributed by atoms with Crippen LogP contribution in [0.4, 0.5) is 10.1 Å². The molecule has 0 radical (unpaired) electrons. The van der Waals surface area contributed by atoms with E-state index in [1.807, 2.05) is 0 Å². The van der Waals surface area contributed by atoms with Gasteiger partial charge in [-0.1, -0.05) is 27.5 Å². The van der Waals surface area contributed by atoms with Gasteiger partial charge in [-0.25, -0.2) is 9.18 Å². The van der Waals surface area contributed by atoms with Crippen LogP contribution in [-0.2, 0) is 0 Å². The number of hydrogen-bond acceptors (Lipinski definition) is 2. The van der Waals surface area contributed by atoms with E-state index in [2.05, 4.69) is 21.2 Å². The molecule has 0 fully saturated rings. The van der Waals surface area contributed by atoms with E-state index in [4.69, 9.17) is 16.7 Å². The van der Waals surface area contributed by atoms with Crippen LogP contribution in [0.25, 0.3) is 0 Å². The molecule has 4 nitrogen and oxygen atoms in total. The van der Waals surface area contributed by atoms with Gasteiger partial charge in [-0.3, -0.25) is 4.79 Å². The minimum Gasteiger partial charge on any atom is -0.478 e. The first-order valence-electron chi connectivity index (χ1n) is 5.67. The molecular formula is C14H8BrClFNO3. The number of carboxylic acids is 1. The number of benzene rings is 2. The van der Waals surface area contributed by atoms with Crippen LogP contribution in [0.15, 0.2) is 40.9 Å². The second-order valence-corrected chi connectivity index (χ2v) is 5.46. The Kier molecular flexibility index (Phi) is 4.59. The fourth-order valence-electron chi connectivity index (χ4n) is 1.66. The van der Waals surface area contributed by atoms with E-state index in [0.29, 0.717) is 4.47 Å². The Bertz CT molecular complexity index is 736. The van der Waals surface area contributed by atoms with Crippen molar-refractivity contribution in [3.63, 3.8) is 0 Å². The Morgan fingerprint density at radius 3 is 2.52 bits per heavy atom. The van der Waals surface area contributed by atoms with Crippen molar-refractivity contribution < 1.29 is 19.1 Å². The van der Waals surface area contributed by atoms with Gasteiger partial charge in [0.1, 0.15) is 5.82 Å². The SMILES string of the molecule is O=C(O)c1cc(Br)cc(NC(=O)c2ccc(Cl)cc2F)c1. The highest BCUT2D eigenvalue weighted by Crippen LogP contribution is 2.21. The van der Waals surface area contributed by atoms with Crippen molar-refractivity contribution in [2.75, 3.05) is 5.32 Å². The standard InChI is InChI=1S/C14H8BrClFNO3/c15-8-3-7(14(20)21)4-10(5-8)18-13(19)11-2-1-9(16)6-12(11)17/h1-6H,(H,18,19)(H,20,21). The predicted octanol–water partition coefficient (Wildman–Crippen LogP) is 4.19. The fourth-order valence-corrected chi connectivity index (χ4v) is 2.31. The molecule has 0 saturated heterocycles. The zero-order chi connectivity index (χ0) is 15.6. The number of rotatable bonds is 3. The van der Waals surface area contributed by atoms with Crippen LogP contribution in [0.5, 0.6) is 0 Å². The predicted molar refractivity (Wildman–Crippen MR) is 80.5 cm³/mol. The average molecular weight is 373 g/mol. The van der Waals surface area contributed by atoms with Gasteiger partial charge in [0.05, 0.1) is 11.1 Å². The van der Waals surface area contributed by atoms with Crippen LogP contribution in [0, 0.1) is 5.82 Å². The summed E-state index contributed by atoms with van der Waals surface area (Å²) in [5, 5.41) is 11.6. The summed E-state index contributed by atoms with van der Waals surface area (Å²) in [6.07, 6.45) is 0. The van der Waals surface area contributed by atoms with Crippen LogP contribution in [-0.4, -0.2) is 17.0 Å². The van der Waals surface area contributed by atoms with Crippen molar-refractivity contribution in [3.8, 4) is 0 Å². The number of halogens is 3. The minimum absolute atomic E-state index is 0.00347. The Labute approximate surface area is 132 Å².